The average molecular weight is 219 g/mol. The standard InChI is InChI=1S/C13H17NO2/c1-11(2)10-13(15)14-8-9-16-12-6-4-3-5-7-12/h3-7,10H,8-9H2,1-2H3,(H,14,15). The van der Waals surface area contributed by atoms with Gasteiger partial charge in [-0.3, -0.25) is 4.79 Å². The van der Waals surface area contributed by atoms with Crippen LogP contribution in [0.5, 0.6) is 5.75 Å². The highest BCUT2D eigenvalue weighted by Crippen LogP contribution is 2.07. The maximum atomic E-state index is 11.2. The van der Waals surface area contributed by atoms with Crippen molar-refractivity contribution in [3.05, 3.63) is 42.0 Å². The van der Waals surface area contributed by atoms with E-state index in [0.29, 0.717) is 13.2 Å². The minimum Gasteiger partial charge on any atom is -0.492 e. The molecule has 1 aromatic carbocycles. The SMILES string of the molecule is CC(C)=CC(=O)NCCOc1ccccc1. The third kappa shape index (κ3) is 5.20. The van der Waals surface area contributed by atoms with Crippen LogP contribution >= 0.6 is 0 Å². The number of carbonyl (C=O) groups is 1. The Morgan fingerprint density at radius 1 is 1.31 bits per heavy atom. The molecule has 0 radical (unpaired) electrons. The van der Waals surface area contributed by atoms with Crippen LogP contribution < -0.4 is 10.1 Å². The molecule has 0 aromatic heterocycles. The van der Waals surface area contributed by atoms with E-state index in [0.717, 1.165) is 11.3 Å². The van der Waals surface area contributed by atoms with Gasteiger partial charge in [-0.2, -0.15) is 0 Å². The number of rotatable bonds is 5. The Balaban J connectivity index is 2.18. The first-order valence-corrected chi connectivity index (χ1v) is 5.29. The molecule has 1 aromatic rings. The Morgan fingerprint density at radius 3 is 2.62 bits per heavy atom. The van der Waals surface area contributed by atoms with Crippen LogP contribution in [0, 0.1) is 0 Å². The second kappa shape index (κ2) is 6.67. The fourth-order valence-corrected chi connectivity index (χ4v) is 1.17. The van der Waals surface area contributed by atoms with Crippen molar-refractivity contribution in [3.8, 4) is 5.75 Å². The van der Waals surface area contributed by atoms with Crippen molar-refractivity contribution in [2.45, 2.75) is 13.8 Å². The van der Waals surface area contributed by atoms with E-state index in [1.165, 1.54) is 0 Å². The number of nitrogens with one attached hydrogen (secondary N) is 1. The number of benzene rings is 1. The molecule has 16 heavy (non-hydrogen) atoms. The summed E-state index contributed by atoms with van der Waals surface area (Å²) in [5.74, 6) is 0.746. The molecule has 0 aliphatic carbocycles. The zero-order valence-corrected chi connectivity index (χ0v) is 9.69. The Kier molecular flexibility index (Phi) is 5.12. The summed E-state index contributed by atoms with van der Waals surface area (Å²) in [5.41, 5.74) is 0.987. The normalized spacial score (nSPS) is 9.38. The molecule has 1 amide bonds. The fourth-order valence-electron chi connectivity index (χ4n) is 1.17. The molecule has 1 N–H and O–H groups in total. The van der Waals surface area contributed by atoms with E-state index in [1.54, 1.807) is 6.08 Å². The van der Waals surface area contributed by atoms with Gasteiger partial charge in [-0.1, -0.05) is 23.8 Å². The van der Waals surface area contributed by atoms with Gasteiger partial charge in [-0.15, -0.1) is 0 Å². The lowest BCUT2D eigenvalue weighted by Crippen LogP contribution is -2.26. The minimum atomic E-state index is -0.0725. The third-order valence-corrected chi connectivity index (χ3v) is 1.83. The molecule has 3 nitrogen and oxygen atoms in total. The highest BCUT2D eigenvalue weighted by atomic mass is 16.5. The van der Waals surface area contributed by atoms with Crippen LogP contribution in [0.25, 0.3) is 0 Å². The minimum absolute atomic E-state index is 0.0725. The van der Waals surface area contributed by atoms with Crippen LogP contribution in [0.2, 0.25) is 0 Å². The van der Waals surface area contributed by atoms with Crippen molar-refractivity contribution in [2.75, 3.05) is 13.2 Å². The molecule has 0 spiro atoms. The molecule has 3 heteroatoms. The Labute approximate surface area is 96.1 Å². The average Bonchev–Trinajstić information content (AvgIpc) is 2.25. The predicted molar refractivity (Wildman–Crippen MR) is 64.4 cm³/mol. The van der Waals surface area contributed by atoms with Crippen molar-refractivity contribution < 1.29 is 9.53 Å². The molecule has 0 saturated heterocycles. The second-order valence-electron chi connectivity index (χ2n) is 3.67. The molecule has 0 aliphatic rings. The summed E-state index contributed by atoms with van der Waals surface area (Å²) in [5, 5.41) is 2.74. The first kappa shape index (κ1) is 12.3. The van der Waals surface area contributed by atoms with E-state index in [1.807, 2.05) is 44.2 Å². The van der Waals surface area contributed by atoms with Gasteiger partial charge in [-0.25, -0.2) is 0 Å². The van der Waals surface area contributed by atoms with Crippen LogP contribution in [-0.4, -0.2) is 19.1 Å². The molecule has 1 rings (SSSR count). The van der Waals surface area contributed by atoms with Crippen molar-refractivity contribution in [1.29, 1.82) is 0 Å². The quantitative estimate of drug-likeness (QED) is 0.608. The zero-order valence-electron chi connectivity index (χ0n) is 9.69. The van der Waals surface area contributed by atoms with Gasteiger partial charge in [0.25, 0.3) is 0 Å². The lowest BCUT2D eigenvalue weighted by atomic mass is 10.3. The number of carbonyl (C=O) groups excluding carboxylic acids is 1. The summed E-state index contributed by atoms with van der Waals surface area (Å²) in [6.07, 6.45) is 1.57. The van der Waals surface area contributed by atoms with Crippen molar-refractivity contribution in [3.63, 3.8) is 0 Å². The van der Waals surface area contributed by atoms with Crippen molar-refractivity contribution in [1.82, 2.24) is 5.32 Å². The summed E-state index contributed by atoms with van der Waals surface area (Å²) in [4.78, 5) is 11.2. The van der Waals surface area contributed by atoms with Crippen LogP contribution in [-0.2, 0) is 4.79 Å². The second-order valence-corrected chi connectivity index (χ2v) is 3.67. The topological polar surface area (TPSA) is 38.3 Å². The van der Waals surface area contributed by atoms with Crippen LogP contribution in [0.15, 0.2) is 42.0 Å². The number of amides is 1. The molecule has 0 aliphatic heterocycles. The van der Waals surface area contributed by atoms with Crippen molar-refractivity contribution in [2.24, 2.45) is 0 Å². The van der Waals surface area contributed by atoms with Crippen molar-refractivity contribution >= 4 is 5.91 Å². The maximum absolute atomic E-state index is 11.2. The van der Waals surface area contributed by atoms with Gasteiger partial charge in [0.2, 0.25) is 5.91 Å². The van der Waals surface area contributed by atoms with E-state index in [4.69, 9.17) is 4.74 Å². The van der Waals surface area contributed by atoms with E-state index < -0.39 is 0 Å². The highest BCUT2D eigenvalue weighted by Gasteiger charge is 1.95. The lowest BCUT2D eigenvalue weighted by Gasteiger charge is -2.06. The van der Waals surface area contributed by atoms with Gasteiger partial charge >= 0.3 is 0 Å². The van der Waals surface area contributed by atoms with E-state index >= 15 is 0 Å². The van der Waals surface area contributed by atoms with Gasteiger partial charge in [0.05, 0.1) is 6.54 Å². The smallest absolute Gasteiger partial charge is 0.244 e. The molecule has 0 saturated carbocycles. The number of ether oxygens (including phenoxy) is 1. The van der Waals surface area contributed by atoms with Gasteiger partial charge in [0, 0.05) is 6.08 Å². The number of para-hydroxylation sites is 1. The summed E-state index contributed by atoms with van der Waals surface area (Å²) >= 11 is 0. The number of allylic oxidation sites excluding steroid dienone is 1. The van der Waals surface area contributed by atoms with Crippen LogP contribution in [0.3, 0.4) is 0 Å². The summed E-state index contributed by atoms with van der Waals surface area (Å²) in [6, 6.07) is 9.54. The Morgan fingerprint density at radius 2 is 2.00 bits per heavy atom. The largest absolute Gasteiger partial charge is 0.492 e. The monoisotopic (exact) mass is 219 g/mol. The molecule has 86 valence electrons. The fraction of sp³-hybridized carbons (Fsp3) is 0.308. The molecule has 0 unspecified atom stereocenters. The van der Waals surface area contributed by atoms with Gasteiger partial charge in [0.1, 0.15) is 12.4 Å². The summed E-state index contributed by atoms with van der Waals surface area (Å²) in [7, 11) is 0. The Hall–Kier alpha value is -1.77. The first-order chi connectivity index (χ1) is 7.68. The number of hydrogen-bond acceptors (Lipinski definition) is 2. The van der Waals surface area contributed by atoms with E-state index in [-0.39, 0.29) is 5.91 Å². The van der Waals surface area contributed by atoms with Gasteiger partial charge < -0.3 is 10.1 Å². The van der Waals surface area contributed by atoms with Crippen LogP contribution in [0.1, 0.15) is 13.8 Å². The highest BCUT2D eigenvalue weighted by molar-refractivity contribution is 5.87. The Bertz CT molecular complexity index is 353. The molecular weight excluding hydrogens is 202 g/mol. The molecule has 0 bridgehead atoms. The lowest BCUT2D eigenvalue weighted by molar-refractivity contribution is -0.116. The third-order valence-electron chi connectivity index (χ3n) is 1.83. The van der Waals surface area contributed by atoms with Gasteiger partial charge in [0.15, 0.2) is 0 Å². The maximum Gasteiger partial charge on any atom is 0.244 e. The zero-order chi connectivity index (χ0) is 11.8. The molecule has 0 heterocycles. The first-order valence-electron chi connectivity index (χ1n) is 5.29. The summed E-state index contributed by atoms with van der Waals surface area (Å²) in [6.45, 7) is 4.77. The van der Waals surface area contributed by atoms with Crippen LogP contribution in [0.4, 0.5) is 0 Å². The van der Waals surface area contributed by atoms with E-state index in [2.05, 4.69) is 5.32 Å². The van der Waals surface area contributed by atoms with Gasteiger partial charge in [-0.05, 0) is 26.0 Å². The molecular formula is C13H17NO2. The van der Waals surface area contributed by atoms with E-state index in [9.17, 15) is 4.79 Å². The summed E-state index contributed by atoms with van der Waals surface area (Å²) < 4.78 is 5.43. The molecule has 0 fully saturated rings. The molecule has 0 atom stereocenters. The predicted octanol–water partition coefficient (Wildman–Crippen LogP) is 2.15. The number of hydrogen-bond donors (Lipinski definition) is 1.